The molecule has 2 aliphatic rings. The van der Waals surface area contributed by atoms with Crippen LogP contribution in [-0.2, 0) is 32.1 Å². The van der Waals surface area contributed by atoms with Crippen LogP contribution < -0.4 is 0 Å². The van der Waals surface area contributed by atoms with Gasteiger partial charge in [-0.3, -0.25) is 9.88 Å². The molecule has 3 aromatic heterocycles. The zero-order chi connectivity index (χ0) is 20.2. The van der Waals surface area contributed by atoms with Crippen LogP contribution in [0.3, 0.4) is 0 Å². The highest BCUT2D eigenvalue weighted by Crippen LogP contribution is 2.36. The number of alkyl halides is 3. The molecule has 1 fully saturated rings. The van der Waals surface area contributed by atoms with Gasteiger partial charge in [0, 0.05) is 49.0 Å². The van der Waals surface area contributed by atoms with Crippen molar-refractivity contribution in [2.45, 2.75) is 65.3 Å². The largest absolute Gasteiger partial charge is 0.433 e. The van der Waals surface area contributed by atoms with Gasteiger partial charge in [0.05, 0.1) is 0 Å². The monoisotopic (exact) mass is 416 g/mol. The average molecular weight is 416 g/mol. The summed E-state index contributed by atoms with van der Waals surface area (Å²) >= 11 is 0. The van der Waals surface area contributed by atoms with Gasteiger partial charge >= 0.3 is 6.18 Å². The Morgan fingerprint density at radius 2 is 2.00 bits per heavy atom. The highest BCUT2D eigenvalue weighted by molar-refractivity contribution is 5.83. The molecule has 1 saturated heterocycles. The molecule has 0 saturated carbocycles. The summed E-state index contributed by atoms with van der Waals surface area (Å²) < 4.78 is 40.5. The molecule has 5 heterocycles. The lowest BCUT2D eigenvalue weighted by Gasteiger charge is -2.30. The van der Waals surface area contributed by atoms with E-state index in [0.717, 1.165) is 42.4 Å². The van der Waals surface area contributed by atoms with Gasteiger partial charge in [-0.15, -0.1) is 0 Å². The van der Waals surface area contributed by atoms with E-state index in [1.54, 1.807) is 0 Å². The summed E-state index contributed by atoms with van der Waals surface area (Å²) in [6, 6.07) is 5.41. The van der Waals surface area contributed by atoms with E-state index in [2.05, 4.69) is 27.4 Å². The molecule has 0 spiro atoms. The van der Waals surface area contributed by atoms with Crippen LogP contribution in [0.4, 0.5) is 13.2 Å². The van der Waals surface area contributed by atoms with E-state index < -0.39 is 11.9 Å². The second kappa shape index (κ2) is 7.69. The van der Waals surface area contributed by atoms with Crippen LogP contribution in [-0.4, -0.2) is 32.0 Å². The molecule has 5 rings (SSSR count). The maximum absolute atomic E-state index is 12.8. The number of fused-ring (bicyclic) bond motifs is 4. The maximum Gasteiger partial charge on any atom is 0.433 e. The van der Waals surface area contributed by atoms with Gasteiger partial charge in [-0.25, -0.2) is 4.98 Å². The predicted molar refractivity (Wildman–Crippen MR) is 111 cm³/mol. The van der Waals surface area contributed by atoms with E-state index in [4.69, 9.17) is 4.98 Å². The van der Waals surface area contributed by atoms with Crippen LogP contribution in [0.2, 0.25) is 0 Å². The van der Waals surface area contributed by atoms with Crippen LogP contribution in [0.15, 0.2) is 30.6 Å². The minimum Gasteiger partial charge on any atom is -0.329 e. The van der Waals surface area contributed by atoms with Crippen molar-refractivity contribution in [3.63, 3.8) is 0 Å². The molecule has 3 aromatic rings. The van der Waals surface area contributed by atoms with Crippen molar-refractivity contribution in [1.82, 2.24) is 19.4 Å². The van der Waals surface area contributed by atoms with Crippen molar-refractivity contribution in [2.24, 2.45) is 0 Å². The fourth-order valence-corrected chi connectivity index (χ4v) is 4.84. The van der Waals surface area contributed by atoms with E-state index in [-0.39, 0.29) is 7.43 Å². The van der Waals surface area contributed by atoms with E-state index >= 15 is 0 Å². The Bertz CT molecular complexity index is 1050. The summed E-state index contributed by atoms with van der Waals surface area (Å²) in [5, 5.41) is 1.22. The third kappa shape index (κ3) is 3.60. The Kier molecular flexibility index (Phi) is 5.34. The minimum absolute atomic E-state index is 0. The second-order valence-electron chi connectivity index (χ2n) is 8.23. The van der Waals surface area contributed by atoms with E-state index in [1.165, 1.54) is 41.7 Å². The smallest absolute Gasteiger partial charge is 0.329 e. The zero-order valence-corrected chi connectivity index (χ0v) is 16.3. The number of pyridine rings is 2. The van der Waals surface area contributed by atoms with E-state index in [9.17, 15) is 13.2 Å². The first-order valence-electron chi connectivity index (χ1n) is 10.1. The number of rotatable bonds is 3. The number of aryl methyl sites for hydroxylation is 3. The van der Waals surface area contributed by atoms with Crippen molar-refractivity contribution in [2.75, 3.05) is 6.54 Å². The average Bonchev–Trinajstić information content (AvgIpc) is 3.26. The summed E-state index contributed by atoms with van der Waals surface area (Å²) in [6.07, 6.45) is 2.98. The van der Waals surface area contributed by atoms with Gasteiger partial charge in [-0.1, -0.05) is 13.5 Å². The van der Waals surface area contributed by atoms with Crippen LogP contribution in [0, 0.1) is 6.92 Å². The Morgan fingerprint density at radius 3 is 2.73 bits per heavy atom. The van der Waals surface area contributed by atoms with Crippen LogP contribution in [0.1, 0.15) is 48.3 Å². The Labute approximate surface area is 174 Å². The first kappa shape index (κ1) is 20.8. The number of hydrogen-bond donors (Lipinski definition) is 0. The Hall–Kier alpha value is -2.41. The van der Waals surface area contributed by atoms with Gasteiger partial charge in [0.1, 0.15) is 11.3 Å². The summed E-state index contributed by atoms with van der Waals surface area (Å²) in [7, 11) is 0. The number of hydrogen-bond acceptors (Lipinski definition) is 3. The summed E-state index contributed by atoms with van der Waals surface area (Å²) in [5.74, 6) is 0. The van der Waals surface area contributed by atoms with E-state index in [0.29, 0.717) is 19.0 Å². The highest BCUT2D eigenvalue weighted by atomic mass is 19.4. The summed E-state index contributed by atoms with van der Waals surface area (Å²) in [6.45, 7) is 4.89. The molecule has 2 aliphatic heterocycles. The summed E-state index contributed by atoms with van der Waals surface area (Å²) in [5.41, 5.74) is 4.82. The standard InChI is InChI=1S/C22H23F3N4.CH4/c1-14-9-17-18-13-28-7-2-3-16(28)10-19(18)29(21(17)27-11-14)8-6-15-4-5-20(26-12-15)22(23,24)25;/h4-5,9,11-12,16H,2-3,6-8,10,13H2,1H3;1H4. The molecule has 0 N–H and O–H groups in total. The van der Waals surface area contributed by atoms with Crippen molar-refractivity contribution in [3.8, 4) is 0 Å². The molecule has 1 atom stereocenters. The van der Waals surface area contributed by atoms with E-state index in [1.807, 2.05) is 6.20 Å². The molecule has 30 heavy (non-hydrogen) atoms. The Balaban J connectivity index is 0.00000218. The molecular formula is C23H27F3N4. The van der Waals surface area contributed by atoms with Gasteiger partial charge in [-0.2, -0.15) is 13.2 Å². The first-order valence-corrected chi connectivity index (χ1v) is 10.1. The molecule has 160 valence electrons. The molecule has 0 radical (unpaired) electrons. The van der Waals surface area contributed by atoms with Crippen molar-refractivity contribution in [1.29, 1.82) is 0 Å². The van der Waals surface area contributed by atoms with Gasteiger partial charge in [-0.05, 0) is 61.6 Å². The van der Waals surface area contributed by atoms with Crippen molar-refractivity contribution >= 4 is 11.0 Å². The lowest BCUT2D eigenvalue weighted by atomic mass is 9.99. The quantitative estimate of drug-likeness (QED) is 0.592. The number of nitrogens with zero attached hydrogens (tertiary/aromatic N) is 4. The molecule has 4 nitrogen and oxygen atoms in total. The molecule has 7 heteroatoms. The van der Waals surface area contributed by atoms with Crippen LogP contribution >= 0.6 is 0 Å². The SMILES string of the molecule is C.Cc1cnc2c(c1)c1c(n2CCc2ccc(C(F)(F)F)nc2)CC2CCCN2C1. The number of halogens is 3. The molecule has 0 amide bonds. The minimum atomic E-state index is -4.40. The molecule has 1 unspecified atom stereocenters. The Morgan fingerprint density at radius 1 is 1.17 bits per heavy atom. The number of aromatic nitrogens is 3. The normalized spacial score (nSPS) is 18.9. The predicted octanol–water partition coefficient (Wildman–Crippen LogP) is 5.16. The van der Waals surface area contributed by atoms with Gasteiger partial charge in [0.2, 0.25) is 0 Å². The van der Waals surface area contributed by atoms with Gasteiger partial charge in [0.25, 0.3) is 0 Å². The third-order valence-electron chi connectivity index (χ3n) is 6.29. The summed E-state index contributed by atoms with van der Waals surface area (Å²) in [4.78, 5) is 10.9. The van der Waals surface area contributed by atoms with Crippen LogP contribution in [0.5, 0.6) is 0 Å². The lowest BCUT2D eigenvalue weighted by molar-refractivity contribution is -0.141. The maximum atomic E-state index is 12.8. The van der Waals surface area contributed by atoms with Gasteiger partial charge < -0.3 is 4.57 Å². The van der Waals surface area contributed by atoms with Gasteiger partial charge in [0.15, 0.2) is 0 Å². The third-order valence-corrected chi connectivity index (χ3v) is 6.29. The molecule has 0 bridgehead atoms. The second-order valence-corrected chi connectivity index (χ2v) is 8.23. The fraction of sp³-hybridized carbons (Fsp3) is 0.478. The first-order chi connectivity index (χ1) is 13.9. The highest BCUT2D eigenvalue weighted by Gasteiger charge is 2.34. The molecule has 0 aliphatic carbocycles. The topological polar surface area (TPSA) is 34.0 Å². The fourth-order valence-electron chi connectivity index (χ4n) is 4.84. The molecule has 0 aromatic carbocycles. The van der Waals surface area contributed by atoms with Crippen LogP contribution in [0.25, 0.3) is 11.0 Å². The zero-order valence-electron chi connectivity index (χ0n) is 16.3. The van der Waals surface area contributed by atoms with Crippen molar-refractivity contribution < 1.29 is 13.2 Å². The van der Waals surface area contributed by atoms with Crippen molar-refractivity contribution in [3.05, 3.63) is 58.7 Å². The lowest BCUT2D eigenvalue weighted by Crippen LogP contribution is -2.35. The molecular weight excluding hydrogens is 389 g/mol.